The number of pyridine rings is 1. The Hall–Kier alpha value is -1.08. The van der Waals surface area contributed by atoms with Crippen LogP contribution in [0, 0.1) is 6.92 Å². The Morgan fingerprint density at radius 1 is 1.00 bits per heavy atom. The lowest BCUT2D eigenvalue weighted by Gasteiger charge is -1.99. The van der Waals surface area contributed by atoms with Gasteiger partial charge in [-0.15, -0.1) is 0 Å². The Bertz CT molecular complexity index is 384. The average molecular weight is 238 g/mol. The molecule has 0 aliphatic heterocycles. The van der Waals surface area contributed by atoms with E-state index in [-0.39, 0.29) is 0 Å². The lowest BCUT2D eigenvalue weighted by Crippen LogP contribution is -1.82. The van der Waals surface area contributed by atoms with Gasteiger partial charge in [-0.05, 0) is 24.6 Å². The van der Waals surface area contributed by atoms with E-state index in [4.69, 9.17) is 11.6 Å². The second-order valence-electron chi connectivity index (χ2n) is 2.79. The second kappa shape index (κ2) is 8.12. The van der Waals surface area contributed by atoms with Gasteiger partial charge in [-0.2, -0.15) is 0 Å². The van der Waals surface area contributed by atoms with Gasteiger partial charge in [-0.1, -0.05) is 57.5 Å². The van der Waals surface area contributed by atoms with Crippen molar-refractivity contribution in [3.63, 3.8) is 0 Å². The Labute approximate surface area is 103 Å². The van der Waals surface area contributed by atoms with Gasteiger partial charge in [0.2, 0.25) is 0 Å². The molecule has 2 rings (SSSR count). The second-order valence-corrected chi connectivity index (χ2v) is 3.15. The van der Waals surface area contributed by atoms with Crippen molar-refractivity contribution in [2.24, 2.45) is 0 Å². The third-order valence-electron chi connectivity index (χ3n) is 1.85. The zero-order valence-electron chi connectivity index (χ0n) is 10.7. The first-order valence-electron chi connectivity index (χ1n) is 5.79. The number of hydrogen-bond acceptors (Lipinski definition) is 1. The third-order valence-corrected chi connectivity index (χ3v) is 2.24. The monoisotopic (exact) mass is 237 g/mol. The molecule has 2 aromatic rings. The molecule has 0 aliphatic rings. The van der Waals surface area contributed by atoms with Crippen molar-refractivity contribution < 1.29 is 0 Å². The van der Waals surface area contributed by atoms with Crippen LogP contribution in [0.4, 0.5) is 0 Å². The van der Waals surface area contributed by atoms with E-state index in [9.17, 15) is 0 Å². The molecule has 0 aliphatic carbocycles. The summed E-state index contributed by atoms with van der Waals surface area (Å²) in [5.41, 5.74) is 1.98. The molecule has 1 aromatic carbocycles. The highest BCUT2D eigenvalue weighted by Gasteiger charge is 1.98. The summed E-state index contributed by atoms with van der Waals surface area (Å²) in [7, 11) is 0. The molecule has 16 heavy (non-hydrogen) atoms. The number of rotatable bonds is 0. The molecule has 0 atom stereocenters. The van der Waals surface area contributed by atoms with Gasteiger partial charge in [0.25, 0.3) is 0 Å². The van der Waals surface area contributed by atoms with Gasteiger partial charge in [0, 0.05) is 5.39 Å². The van der Waals surface area contributed by atoms with E-state index in [1.807, 2.05) is 65.0 Å². The van der Waals surface area contributed by atoms with Crippen molar-refractivity contribution in [1.82, 2.24) is 4.98 Å². The van der Waals surface area contributed by atoms with E-state index < -0.39 is 0 Å². The number of benzene rings is 1. The zero-order valence-corrected chi connectivity index (χ0v) is 11.5. The van der Waals surface area contributed by atoms with Crippen molar-refractivity contribution in [2.75, 3.05) is 0 Å². The normalized spacial score (nSPS) is 8.62. The molecule has 1 nitrogen and oxygen atoms in total. The van der Waals surface area contributed by atoms with Crippen LogP contribution < -0.4 is 0 Å². The first-order chi connectivity index (χ1) is 7.77. The highest BCUT2D eigenvalue weighted by atomic mass is 35.5. The van der Waals surface area contributed by atoms with Crippen LogP contribution in [0.5, 0.6) is 0 Å². The van der Waals surface area contributed by atoms with E-state index in [0.717, 1.165) is 16.5 Å². The fraction of sp³-hybridized carbons (Fsp3) is 0.357. The maximum Gasteiger partial charge on any atom is 0.132 e. The predicted octanol–water partition coefficient (Wildman–Crippen LogP) is 5.25. The van der Waals surface area contributed by atoms with E-state index in [1.165, 1.54) is 0 Å². The van der Waals surface area contributed by atoms with Gasteiger partial charge in [0.15, 0.2) is 0 Å². The van der Waals surface area contributed by atoms with Crippen molar-refractivity contribution in [3.05, 3.63) is 41.0 Å². The molecule has 1 aromatic heterocycles. The summed E-state index contributed by atoms with van der Waals surface area (Å²) in [5.74, 6) is 0. The smallest absolute Gasteiger partial charge is 0.132 e. The van der Waals surface area contributed by atoms with Gasteiger partial charge in [0.1, 0.15) is 5.15 Å². The molecule has 0 unspecified atom stereocenters. The first kappa shape index (κ1) is 14.9. The quantitative estimate of drug-likeness (QED) is 0.571. The minimum atomic E-state index is 0.591. The number of para-hydroxylation sites is 1. The fourth-order valence-electron chi connectivity index (χ4n) is 1.20. The standard InChI is InChI=1S/C10H8ClN.2C2H6/c1-7-6-8-4-2-3-5-9(8)12-10(7)11;2*1-2/h2-6H,1H3;2*1-2H3. The molecule has 0 saturated heterocycles. The van der Waals surface area contributed by atoms with Gasteiger partial charge >= 0.3 is 0 Å². The molecule has 0 radical (unpaired) electrons. The number of hydrogen-bond donors (Lipinski definition) is 0. The van der Waals surface area contributed by atoms with Crippen LogP contribution in [-0.2, 0) is 0 Å². The summed E-state index contributed by atoms with van der Waals surface area (Å²) in [6, 6.07) is 10.00. The number of fused-ring (bicyclic) bond motifs is 1. The molecule has 0 bridgehead atoms. The maximum atomic E-state index is 5.88. The van der Waals surface area contributed by atoms with Crippen LogP contribution in [0.2, 0.25) is 5.15 Å². The molecule has 0 N–H and O–H groups in total. The van der Waals surface area contributed by atoms with Gasteiger partial charge in [0.05, 0.1) is 5.52 Å². The molecule has 2 heteroatoms. The third kappa shape index (κ3) is 3.82. The largest absolute Gasteiger partial charge is 0.236 e. The van der Waals surface area contributed by atoms with Crippen molar-refractivity contribution in [1.29, 1.82) is 0 Å². The summed E-state index contributed by atoms with van der Waals surface area (Å²) < 4.78 is 0. The molecule has 1 heterocycles. The van der Waals surface area contributed by atoms with Crippen LogP contribution in [0.15, 0.2) is 30.3 Å². The minimum Gasteiger partial charge on any atom is -0.236 e. The zero-order chi connectivity index (χ0) is 12.6. The Balaban J connectivity index is 0.000000509. The molecular weight excluding hydrogens is 218 g/mol. The molecule has 0 spiro atoms. The van der Waals surface area contributed by atoms with Crippen molar-refractivity contribution >= 4 is 22.5 Å². The van der Waals surface area contributed by atoms with Crippen LogP contribution in [0.1, 0.15) is 33.3 Å². The number of aromatic nitrogens is 1. The Morgan fingerprint density at radius 3 is 2.19 bits per heavy atom. The van der Waals surface area contributed by atoms with Gasteiger partial charge in [-0.3, -0.25) is 0 Å². The van der Waals surface area contributed by atoms with Crippen LogP contribution in [0.3, 0.4) is 0 Å². The van der Waals surface area contributed by atoms with E-state index >= 15 is 0 Å². The molecular formula is C14H20ClN. The highest BCUT2D eigenvalue weighted by Crippen LogP contribution is 2.18. The number of aryl methyl sites for hydroxylation is 1. The first-order valence-corrected chi connectivity index (χ1v) is 6.17. The number of halogens is 1. The number of nitrogens with zero attached hydrogens (tertiary/aromatic N) is 1. The van der Waals surface area contributed by atoms with Crippen LogP contribution >= 0.6 is 11.6 Å². The van der Waals surface area contributed by atoms with E-state index in [2.05, 4.69) is 4.98 Å². The SMILES string of the molecule is CC.CC.Cc1cc2ccccc2nc1Cl. The predicted molar refractivity (Wildman–Crippen MR) is 74.2 cm³/mol. The summed E-state index contributed by atoms with van der Waals surface area (Å²) in [5, 5.41) is 1.73. The lowest BCUT2D eigenvalue weighted by molar-refractivity contribution is 1.33. The summed E-state index contributed by atoms with van der Waals surface area (Å²) in [6.07, 6.45) is 0. The van der Waals surface area contributed by atoms with Crippen molar-refractivity contribution in [2.45, 2.75) is 34.6 Å². The molecule has 0 fully saturated rings. The fourth-order valence-corrected chi connectivity index (χ4v) is 1.34. The highest BCUT2D eigenvalue weighted by molar-refractivity contribution is 6.30. The van der Waals surface area contributed by atoms with Crippen LogP contribution in [0.25, 0.3) is 10.9 Å². The average Bonchev–Trinajstić information content (AvgIpc) is 2.36. The minimum absolute atomic E-state index is 0.591. The van der Waals surface area contributed by atoms with Gasteiger partial charge < -0.3 is 0 Å². The summed E-state index contributed by atoms with van der Waals surface area (Å²) in [4.78, 5) is 4.24. The van der Waals surface area contributed by atoms with Crippen molar-refractivity contribution in [3.8, 4) is 0 Å². The Morgan fingerprint density at radius 2 is 1.56 bits per heavy atom. The molecule has 0 amide bonds. The van der Waals surface area contributed by atoms with Crippen LogP contribution in [-0.4, -0.2) is 4.98 Å². The van der Waals surface area contributed by atoms with Gasteiger partial charge in [-0.25, -0.2) is 4.98 Å². The molecule has 0 saturated carbocycles. The maximum absolute atomic E-state index is 5.88. The summed E-state index contributed by atoms with van der Waals surface area (Å²) >= 11 is 5.88. The Kier molecular flexibility index (Phi) is 7.57. The topological polar surface area (TPSA) is 12.9 Å². The summed E-state index contributed by atoms with van der Waals surface area (Å²) in [6.45, 7) is 9.96. The lowest BCUT2D eigenvalue weighted by atomic mass is 10.2. The molecule has 88 valence electrons. The van der Waals surface area contributed by atoms with E-state index in [0.29, 0.717) is 5.15 Å². The van der Waals surface area contributed by atoms with E-state index in [1.54, 1.807) is 0 Å².